The Morgan fingerprint density at radius 2 is 1.93 bits per heavy atom. The highest BCUT2D eigenvalue weighted by Gasteiger charge is 2.19. The van der Waals surface area contributed by atoms with Crippen LogP contribution in [0.25, 0.3) is 11.3 Å². The molecule has 0 saturated heterocycles. The number of hydrogen-bond acceptors (Lipinski definition) is 6. The van der Waals surface area contributed by atoms with Crippen molar-refractivity contribution in [2.75, 3.05) is 11.9 Å². The third-order valence-electron chi connectivity index (χ3n) is 4.20. The Bertz CT molecular complexity index is 1030. The lowest BCUT2D eigenvalue weighted by Gasteiger charge is -2.06. The number of carbonyl (C=O) groups excluding carboxylic acids is 1. The number of nitrogens with zero attached hydrogens (tertiary/aromatic N) is 2. The van der Waals surface area contributed by atoms with Gasteiger partial charge in [-0.25, -0.2) is 4.98 Å². The van der Waals surface area contributed by atoms with E-state index in [4.69, 9.17) is 4.74 Å². The molecule has 0 saturated carbocycles. The Morgan fingerprint density at radius 3 is 2.57 bits per heavy atom. The van der Waals surface area contributed by atoms with Gasteiger partial charge in [0.05, 0.1) is 17.2 Å². The van der Waals surface area contributed by atoms with Gasteiger partial charge in [0, 0.05) is 27.6 Å². The van der Waals surface area contributed by atoms with Gasteiger partial charge in [0.1, 0.15) is 5.75 Å². The Morgan fingerprint density at radius 1 is 1.21 bits per heavy atom. The Labute approximate surface area is 166 Å². The number of nitro groups is 1. The zero-order chi connectivity index (χ0) is 20.3. The zero-order valence-electron chi connectivity index (χ0n) is 15.7. The first-order valence-corrected chi connectivity index (χ1v) is 9.48. The fourth-order valence-electron chi connectivity index (χ4n) is 2.83. The van der Waals surface area contributed by atoms with Gasteiger partial charge in [-0.05, 0) is 51.1 Å². The number of benzene rings is 2. The summed E-state index contributed by atoms with van der Waals surface area (Å²) in [5.74, 6) is 0.363. The minimum Gasteiger partial charge on any atom is -0.494 e. The minimum atomic E-state index is -0.496. The van der Waals surface area contributed by atoms with Crippen molar-refractivity contribution in [3.63, 3.8) is 0 Å². The first kappa shape index (κ1) is 19.5. The zero-order valence-corrected chi connectivity index (χ0v) is 16.5. The highest BCUT2D eigenvalue weighted by molar-refractivity contribution is 7.16. The van der Waals surface area contributed by atoms with Crippen LogP contribution in [-0.4, -0.2) is 22.4 Å². The lowest BCUT2D eigenvalue weighted by molar-refractivity contribution is -0.385. The highest BCUT2D eigenvalue weighted by atomic mass is 32.1. The average Bonchev–Trinajstić information content (AvgIpc) is 3.02. The van der Waals surface area contributed by atoms with Crippen LogP contribution in [-0.2, 0) is 0 Å². The lowest BCUT2D eigenvalue weighted by Crippen LogP contribution is -2.14. The molecule has 1 aromatic heterocycles. The van der Waals surface area contributed by atoms with E-state index in [-0.39, 0.29) is 11.3 Å². The average molecular weight is 397 g/mol. The number of thiazole rings is 1. The molecule has 0 aliphatic heterocycles. The van der Waals surface area contributed by atoms with Crippen LogP contribution in [0.3, 0.4) is 0 Å². The van der Waals surface area contributed by atoms with Crippen LogP contribution in [0.1, 0.15) is 27.7 Å². The van der Waals surface area contributed by atoms with Crippen molar-refractivity contribution >= 4 is 28.1 Å². The van der Waals surface area contributed by atoms with Crippen LogP contribution in [0.4, 0.5) is 10.8 Å². The van der Waals surface area contributed by atoms with Crippen molar-refractivity contribution in [2.45, 2.75) is 20.8 Å². The van der Waals surface area contributed by atoms with Crippen molar-refractivity contribution in [1.29, 1.82) is 0 Å². The predicted octanol–water partition coefficient (Wildman–Crippen LogP) is 4.99. The molecule has 1 N–H and O–H groups in total. The standard InChI is InChI=1S/C20H19N3O4S/c1-4-27-15-10-8-14(9-11-15)18-13(3)28-20(21-18)22-19(24)16-6-5-7-17(12(16)2)23(25)26/h5-11H,4H2,1-3H3,(H,21,22,24). The van der Waals surface area contributed by atoms with Crippen LogP contribution in [0.2, 0.25) is 0 Å². The molecule has 2 aromatic carbocycles. The molecule has 0 fully saturated rings. The number of nitro benzene ring substituents is 1. The third kappa shape index (κ3) is 4.01. The summed E-state index contributed by atoms with van der Waals surface area (Å²) in [5, 5.41) is 14.3. The number of hydrogen-bond donors (Lipinski definition) is 1. The molecule has 0 unspecified atom stereocenters. The third-order valence-corrected chi connectivity index (χ3v) is 5.09. The van der Waals surface area contributed by atoms with Gasteiger partial charge < -0.3 is 4.74 Å². The molecule has 0 radical (unpaired) electrons. The Balaban J connectivity index is 1.83. The van der Waals surface area contributed by atoms with Crippen LogP contribution in [0, 0.1) is 24.0 Å². The summed E-state index contributed by atoms with van der Waals surface area (Å²) < 4.78 is 5.45. The van der Waals surface area contributed by atoms with E-state index < -0.39 is 10.8 Å². The van der Waals surface area contributed by atoms with Gasteiger partial charge >= 0.3 is 0 Å². The second-order valence-corrected chi connectivity index (χ2v) is 7.25. The molecule has 144 valence electrons. The number of ether oxygens (including phenoxy) is 1. The molecule has 3 aromatic rings. The second-order valence-electron chi connectivity index (χ2n) is 6.04. The van der Waals surface area contributed by atoms with Crippen LogP contribution in [0.5, 0.6) is 5.75 Å². The number of carbonyl (C=O) groups is 1. The second kappa shape index (κ2) is 8.18. The summed E-state index contributed by atoms with van der Waals surface area (Å²) in [5.41, 5.74) is 2.19. The molecule has 1 heterocycles. The molecule has 1 amide bonds. The van der Waals surface area contributed by atoms with E-state index in [2.05, 4.69) is 10.3 Å². The van der Waals surface area contributed by atoms with E-state index in [1.807, 2.05) is 38.1 Å². The normalized spacial score (nSPS) is 10.5. The molecule has 8 heteroatoms. The van der Waals surface area contributed by atoms with Gasteiger partial charge in [-0.2, -0.15) is 0 Å². The molecule has 7 nitrogen and oxygen atoms in total. The summed E-state index contributed by atoms with van der Waals surface area (Å²) >= 11 is 1.35. The number of aryl methyl sites for hydroxylation is 1. The van der Waals surface area contributed by atoms with Gasteiger partial charge in [0.15, 0.2) is 5.13 Å². The Hall–Kier alpha value is -3.26. The van der Waals surface area contributed by atoms with E-state index in [0.717, 1.165) is 21.9 Å². The van der Waals surface area contributed by atoms with Crippen LogP contribution < -0.4 is 10.1 Å². The van der Waals surface area contributed by atoms with E-state index in [0.29, 0.717) is 17.3 Å². The molecule has 0 spiro atoms. The van der Waals surface area contributed by atoms with Gasteiger partial charge in [-0.15, -0.1) is 11.3 Å². The predicted molar refractivity (Wildman–Crippen MR) is 109 cm³/mol. The smallest absolute Gasteiger partial charge is 0.273 e. The van der Waals surface area contributed by atoms with Crippen molar-refractivity contribution < 1.29 is 14.5 Å². The molecule has 3 rings (SSSR count). The van der Waals surface area contributed by atoms with Gasteiger partial charge in [-0.3, -0.25) is 20.2 Å². The molecular weight excluding hydrogens is 378 g/mol. The van der Waals surface area contributed by atoms with Crippen molar-refractivity contribution in [2.24, 2.45) is 0 Å². The number of anilines is 1. The van der Waals surface area contributed by atoms with Crippen LogP contribution >= 0.6 is 11.3 Å². The number of amides is 1. The summed E-state index contributed by atoms with van der Waals surface area (Å²) in [7, 11) is 0. The summed E-state index contributed by atoms with van der Waals surface area (Å²) in [4.78, 5) is 28.7. The molecule has 28 heavy (non-hydrogen) atoms. The Kier molecular flexibility index (Phi) is 5.70. The topological polar surface area (TPSA) is 94.4 Å². The highest BCUT2D eigenvalue weighted by Crippen LogP contribution is 2.32. The summed E-state index contributed by atoms with van der Waals surface area (Å²) in [6.07, 6.45) is 0. The van der Waals surface area contributed by atoms with Crippen molar-refractivity contribution in [1.82, 2.24) is 4.98 Å². The van der Waals surface area contributed by atoms with Gasteiger partial charge in [-0.1, -0.05) is 6.07 Å². The van der Waals surface area contributed by atoms with E-state index >= 15 is 0 Å². The largest absolute Gasteiger partial charge is 0.494 e. The van der Waals surface area contributed by atoms with Crippen molar-refractivity contribution in [3.05, 3.63) is 68.6 Å². The molecule has 0 bridgehead atoms. The number of rotatable bonds is 6. The lowest BCUT2D eigenvalue weighted by atomic mass is 10.1. The fourth-order valence-corrected chi connectivity index (χ4v) is 3.66. The first-order valence-electron chi connectivity index (χ1n) is 8.66. The molecular formula is C20H19N3O4S. The summed E-state index contributed by atoms with van der Waals surface area (Å²) in [6.45, 7) is 6.02. The van der Waals surface area contributed by atoms with Crippen LogP contribution in [0.15, 0.2) is 42.5 Å². The number of aromatic nitrogens is 1. The molecule has 0 atom stereocenters. The maximum Gasteiger partial charge on any atom is 0.273 e. The van der Waals surface area contributed by atoms with Gasteiger partial charge in [0.25, 0.3) is 11.6 Å². The summed E-state index contributed by atoms with van der Waals surface area (Å²) in [6, 6.07) is 12.0. The first-order chi connectivity index (χ1) is 13.4. The van der Waals surface area contributed by atoms with E-state index in [1.54, 1.807) is 13.0 Å². The SMILES string of the molecule is CCOc1ccc(-c2nc(NC(=O)c3cccc([N+](=O)[O-])c3C)sc2C)cc1. The quantitative estimate of drug-likeness (QED) is 0.467. The van der Waals surface area contributed by atoms with Gasteiger partial charge in [0.2, 0.25) is 0 Å². The maximum atomic E-state index is 12.6. The van der Waals surface area contributed by atoms with E-state index in [1.165, 1.54) is 23.5 Å². The number of nitrogens with one attached hydrogen (secondary N) is 1. The van der Waals surface area contributed by atoms with E-state index in [9.17, 15) is 14.9 Å². The minimum absolute atomic E-state index is 0.0851. The monoisotopic (exact) mass is 397 g/mol. The molecule has 0 aliphatic carbocycles. The molecule has 0 aliphatic rings. The van der Waals surface area contributed by atoms with Crippen molar-refractivity contribution in [3.8, 4) is 17.0 Å². The fraction of sp³-hybridized carbons (Fsp3) is 0.200. The maximum absolute atomic E-state index is 12.6.